The van der Waals surface area contributed by atoms with Crippen LogP contribution in [0.3, 0.4) is 0 Å². The van der Waals surface area contributed by atoms with Crippen LogP contribution in [0.4, 0.5) is 0 Å². The first kappa shape index (κ1) is 12.4. The molecule has 0 aromatic carbocycles. The molecule has 6 heteroatoms. The third-order valence-electron chi connectivity index (χ3n) is 2.13. The fraction of sp³-hybridized carbons (Fsp3) is 0.167. The first-order valence-corrected chi connectivity index (χ1v) is 6.18. The highest BCUT2D eigenvalue weighted by Gasteiger charge is 2.10. The summed E-state index contributed by atoms with van der Waals surface area (Å²) in [7, 11) is 0. The van der Waals surface area contributed by atoms with Gasteiger partial charge in [-0.25, -0.2) is 4.79 Å². The highest BCUT2D eigenvalue weighted by atomic mass is 32.1. The summed E-state index contributed by atoms with van der Waals surface area (Å²) in [6.07, 6.45) is 1.53. The second-order valence-corrected chi connectivity index (χ2v) is 4.22. The largest absolute Gasteiger partial charge is 0.467 e. The average Bonchev–Trinajstić information content (AvgIpc) is 3.05. The maximum absolute atomic E-state index is 11.4. The molecule has 2 heterocycles. The second-order valence-electron chi connectivity index (χ2n) is 3.44. The second kappa shape index (κ2) is 6.02. The zero-order chi connectivity index (χ0) is 12.8. The fourth-order valence-electron chi connectivity index (χ4n) is 1.24. The van der Waals surface area contributed by atoms with E-state index in [4.69, 9.17) is 9.15 Å². The van der Waals surface area contributed by atoms with Gasteiger partial charge in [-0.2, -0.15) is 11.3 Å². The number of furan rings is 1. The van der Waals surface area contributed by atoms with Crippen molar-refractivity contribution < 1.29 is 18.7 Å². The maximum atomic E-state index is 11.4. The number of amides is 1. The molecule has 0 radical (unpaired) electrons. The smallest absolute Gasteiger partial charge is 0.339 e. The number of esters is 1. The average molecular weight is 265 g/mol. The van der Waals surface area contributed by atoms with E-state index in [1.807, 2.05) is 0 Å². The lowest BCUT2D eigenvalue weighted by molar-refractivity contribution is -0.124. The molecule has 0 unspecified atom stereocenters. The molecule has 2 rings (SSSR count). The SMILES string of the molecule is O=C(COC(=O)c1ccsc1)NCc1ccco1. The number of carbonyl (C=O) groups excluding carboxylic acids is 2. The van der Waals surface area contributed by atoms with E-state index in [1.54, 1.807) is 29.0 Å². The van der Waals surface area contributed by atoms with Crippen molar-refractivity contribution in [3.8, 4) is 0 Å². The lowest BCUT2D eigenvalue weighted by atomic mass is 10.3. The summed E-state index contributed by atoms with van der Waals surface area (Å²) in [6.45, 7) is -0.0166. The van der Waals surface area contributed by atoms with Gasteiger partial charge >= 0.3 is 5.97 Å². The molecule has 0 aliphatic rings. The Morgan fingerprint density at radius 3 is 2.94 bits per heavy atom. The fourth-order valence-corrected chi connectivity index (χ4v) is 1.87. The van der Waals surface area contributed by atoms with Crippen LogP contribution in [-0.4, -0.2) is 18.5 Å². The third kappa shape index (κ3) is 3.46. The molecule has 0 bridgehead atoms. The monoisotopic (exact) mass is 265 g/mol. The molecular formula is C12H11NO4S. The molecule has 0 saturated heterocycles. The Hall–Kier alpha value is -2.08. The van der Waals surface area contributed by atoms with Gasteiger partial charge in [-0.1, -0.05) is 0 Å². The van der Waals surface area contributed by atoms with E-state index in [0.717, 1.165) is 0 Å². The Kier molecular flexibility index (Phi) is 4.14. The first-order valence-electron chi connectivity index (χ1n) is 5.24. The highest BCUT2D eigenvalue weighted by molar-refractivity contribution is 7.08. The van der Waals surface area contributed by atoms with Gasteiger partial charge in [0.25, 0.3) is 5.91 Å². The van der Waals surface area contributed by atoms with Crippen LogP contribution in [0.1, 0.15) is 16.1 Å². The molecule has 18 heavy (non-hydrogen) atoms. The van der Waals surface area contributed by atoms with Gasteiger partial charge in [-0.3, -0.25) is 4.79 Å². The van der Waals surface area contributed by atoms with Gasteiger partial charge in [-0.05, 0) is 23.6 Å². The minimum absolute atomic E-state index is 0.280. The van der Waals surface area contributed by atoms with E-state index < -0.39 is 5.97 Å². The number of nitrogens with one attached hydrogen (secondary N) is 1. The van der Waals surface area contributed by atoms with Crippen molar-refractivity contribution in [3.05, 3.63) is 46.5 Å². The molecule has 2 aromatic rings. The van der Waals surface area contributed by atoms with E-state index in [-0.39, 0.29) is 19.1 Å². The van der Waals surface area contributed by atoms with Crippen LogP contribution in [-0.2, 0) is 16.1 Å². The van der Waals surface area contributed by atoms with E-state index in [9.17, 15) is 9.59 Å². The van der Waals surface area contributed by atoms with Crippen LogP contribution in [0.25, 0.3) is 0 Å². The first-order chi connectivity index (χ1) is 8.75. The molecule has 0 saturated carbocycles. The van der Waals surface area contributed by atoms with Crippen LogP contribution < -0.4 is 5.32 Å². The zero-order valence-electron chi connectivity index (χ0n) is 9.42. The van der Waals surface area contributed by atoms with Crippen LogP contribution in [0.2, 0.25) is 0 Å². The van der Waals surface area contributed by atoms with Crippen molar-refractivity contribution >= 4 is 23.2 Å². The minimum atomic E-state index is -0.496. The predicted molar refractivity (Wildman–Crippen MR) is 65.2 cm³/mol. The quantitative estimate of drug-likeness (QED) is 0.837. The van der Waals surface area contributed by atoms with E-state index in [0.29, 0.717) is 11.3 Å². The number of rotatable bonds is 5. The van der Waals surface area contributed by atoms with Crippen LogP contribution in [0, 0.1) is 0 Å². The summed E-state index contributed by atoms with van der Waals surface area (Å²) in [5.74, 6) is -0.216. The molecule has 0 aliphatic carbocycles. The van der Waals surface area contributed by atoms with E-state index >= 15 is 0 Å². The Morgan fingerprint density at radius 1 is 1.39 bits per heavy atom. The normalized spacial score (nSPS) is 10.0. The zero-order valence-corrected chi connectivity index (χ0v) is 10.2. The number of ether oxygens (including phenoxy) is 1. The van der Waals surface area contributed by atoms with Crippen molar-refractivity contribution in [2.75, 3.05) is 6.61 Å². The minimum Gasteiger partial charge on any atom is -0.467 e. The van der Waals surface area contributed by atoms with Crippen LogP contribution in [0.15, 0.2) is 39.6 Å². The summed E-state index contributed by atoms with van der Waals surface area (Å²) in [6, 6.07) is 5.13. The highest BCUT2D eigenvalue weighted by Crippen LogP contribution is 2.07. The van der Waals surface area contributed by atoms with Crippen molar-refractivity contribution in [1.82, 2.24) is 5.32 Å². The Morgan fingerprint density at radius 2 is 2.28 bits per heavy atom. The molecule has 0 spiro atoms. The number of hydrogen-bond acceptors (Lipinski definition) is 5. The predicted octanol–water partition coefficient (Wildman–Crippen LogP) is 1.81. The van der Waals surface area contributed by atoms with Gasteiger partial charge in [0, 0.05) is 5.38 Å². The molecule has 0 fully saturated rings. The van der Waals surface area contributed by atoms with Gasteiger partial charge in [0.15, 0.2) is 6.61 Å². The summed E-state index contributed by atoms with van der Waals surface area (Å²) in [5, 5.41) is 6.02. The van der Waals surface area contributed by atoms with E-state index in [1.165, 1.54) is 17.6 Å². The van der Waals surface area contributed by atoms with Crippen molar-refractivity contribution in [2.24, 2.45) is 0 Å². The lowest BCUT2D eigenvalue weighted by Gasteiger charge is -2.04. The Bertz CT molecular complexity index is 504. The standard InChI is InChI=1S/C12H11NO4S/c14-11(13-6-10-2-1-4-16-10)7-17-12(15)9-3-5-18-8-9/h1-5,8H,6-7H2,(H,13,14). The van der Waals surface area contributed by atoms with Crippen LogP contribution >= 0.6 is 11.3 Å². The summed E-state index contributed by atoms with van der Waals surface area (Å²) >= 11 is 1.40. The van der Waals surface area contributed by atoms with Crippen molar-refractivity contribution in [1.29, 1.82) is 0 Å². The maximum Gasteiger partial charge on any atom is 0.339 e. The number of carbonyl (C=O) groups is 2. The van der Waals surface area contributed by atoms with Gasteiger partial charge in [-0.15, -0.1) is 0 Å². The van der Waals surface area contributed by atoms with Crippen molar-refractivity contribution in [3.63, 3.8) is 0 Å². The Labute approximate surface area is 107 Å². The third-order valence-corrected chi connectivity index (χ3v) is 2.81. The van der Waals surface area contributed by atoms with Gasteiger partial charge in [0.2, 0.25) is 0 Å². The molecular weight excluding hydrogens is 254 g/mol. The van der Waals surface area contributed by atoms with Gasteiger partial charge < -0.3 is 14.5 Å². The number of thiophene rings is 1. The molecule has 1 N–H and O–H groups in total. The lowest BCUT2D eigenvalue weighted by Crippen LogP contribution is -2.28. The number of hydrogen-bond donors (Lipinski definition) is 1. The van der Waals surface area contributed by atoms with Crippen molar-refractivity contribution in [2.45, 2.75) is 6.54 Å². The molecule has 94 valence electrons. The van der Waals surface area contributed by atoms with Gasteiger partial charge in [0.05, 0.1) is 18.4 Å². The molecule has 1 amide bonds. The summed E-state index contributed by atoms with van der Waals surface area (Å²) in [4.78, 5) is 22.8. The summed E-state index contributed by atoms with van der Waals surface area (Å²) < 4.78 is 9.89. The Balaban J connectivity index is 1.70. The van der Waals surface area contributed by atoms with E-state index in [2.05, 4.69) is 5.32 Å². The molecule has 5 nitrogen and oxygen atoms in total. The van der Waals surface area contributed by atoms with Crippen LogP contribution in [0.5, 0.6) is 0 Å². The topological polar surface area (TPSA) is 68.5 Å². The summed E-state index contributed by atoms with van der Waals surface area (Å²) in [5.41, 5.74) is 0.457. The molecule has 0 atom stereocenters. The van der Waals surface area contributed by atoms with Gasteiger partial charge in [0.1, 0.15) is 5.76 Å². The molecule has 2 aromatic heterocycles. The molecule has 0 aliphatic heterocycles.